The number of nitrogens with zero attached hydrogens (tertiary/aromatic N) is 3. The van der Waals surface area contributed by atoms with E-state index in [2.05, 4.69) is 20.8 Å². The second kappa shape index (κ2) is 6.82. The van der Waals surface area contributed by atoms with E-state index in [0.29, 0.717) is 43.7 Å². The molecule has 1 aliphatic heterocycles. The van der Waals surface area contributed by atoms with Crippen LogP contribution in [0.15, 0.2) is 24.3 Å². The van der Waals surface area contributed by atoms with Gasteiger partial charge in [-0.15, -0.1) is 0 Å². The molecule has 2 rings (SSSR count). The van der Waals surface area contributed by atoms with Crippen LogP contribution < -0.4 is 0 Å². The third-order valence-corrected chi connectivity index (χ3v) is 3.86. The van der Waals surface area contributed by atoms with Crippen LogP contribution >= 0.6 is 0 Å². The van der Waals surface area contributed by atoms with Gasteiger partial charge in [0.05, 0.1) is 11.6 Å². The summed E-state index contributed by atoms with van der Waals surface area (Å²) in [6.45, 7) is 8.41. The number of benzene rings is 1. The minimum atomic E-state index is -0.0441. The Labute approximate surface area is 137 Å². The Balaban J connectivity index is 1.92. The number of rotatable bonds is 2. The molecule has 2 amide bonds. The summed E-state index contributed by atoms with van der Waals surface area (Å²) in [4.78, 5) is 28.3. The van der Waals surface area contributed by atoms with E-state index in [4.69, 9.17) is 5.26 Å². The minimum absolute atomic E-state index is 0.0213. The van der Waals surface area contributed by atoms with E-state index < -0.39 is 0 Å². The molecule has 1 saturated heterocycles. The average molecular weight is 313 g/mol. The second-order valence-corrected chi connectivity index (χ2v) is 7.10. The molecule has 1 aromatic carbocycles. The van der Waals surface area contributed by atoms with Crippen LogP contribution in [0.3, 0.4) is 0 Å². The number of amides is 2. The molecule has 1 aliphatic rings. The molecule has 1 fully saturated rings. The van der Waals surface area contributed by atoms with Gasteiger partial charge in [0.1, 0.15) is 0 Å². The normalized spacial score (nSPS) is 15.2. The van der Waals surface area contributed by atoms with Crippen molar-refractivity contribution in [3.05, 3.63) is 35.4 Å². The molecule has 0 bridgehead atoms. The third-order valence-electron chi connectivity index (χ3n) is 3.86. The Kier molecular flexibility index (Phi) is 5.05. The van der Waals surface area contributed by atoms with Crippen molar-refractivity contribution >= 4 is 11.8 Å². The Morgan fingerprint density at radius 3 is 2.04 bits per heavy atom. The van der Waals surface area contributed by atoms with Crippen LogP contribution in [0.2, 0.25) is 0 Å². The summed E-state index contributed by atoms with van der Waals surface area (Å²) in [6, 6.07) is 8.70. The standard InChI is InChI=1S/C18H23N3O2/c1-18(2,3)12-16(22)20-8-10-21(11-9-20)17(23)15-6-4-14(13-19)5-7-15/h4-7H,8-12H2,1-3H3. The van der Waals surface area contributed by atoms with Crippen LogP contribution in [0, 0.1) is 16.7 Å². The molecule has 23 heavy (non-hydrogen) atoms. The highest BCUT2D eigenvalue weighted by atomic mass is 16.2. The van der Waals surface area contributed by atoms with E-state index in [1.807, 2.05) is 11.0 Å². The van der Waals surface area contributed by atoms with Crippen LogP contribution in [0.5, 0.6) is 0 Å². The van der Waals surface area contributed by atoms with Crippen molar-refractivity contribution in [2.75, 3.05) is 26.2 Å². The smallest absolute Gasteiger partial charge is 0.253 e. The molecule has 0 aromatic heterocycles. The zero-order valence-electron chi connectivity index (χ0n) is 14.0. The molecule has 0 saturated carbocycles. The Bertz CT molecular complexity index is 615. The van der Waals surface area contributed by atoms with Gasteiger partial charge in [-0.25, -0.2) is 0 Å². The van der Waals surface area contributed by atoms with E-state index in [9.17, 15) is 9.59 Å². The number of carbonyl (C=O) groups excluding carboxylic acids is 2. The summed E-state index contributed by atoms with van der Waals surface area (Å²) in [5.41, 5.74) is 1.10. The summed E-state index contributed by atoms with van der Waals surface area (Å²) in [6.07, 6.45) is 0.524. The van der Waals surface area contributed by atoms with Crippen LogP contribution in [0.25, 0.3) is 0 Å². The van der Waals surface area contributed by atoms with Gasteiger partial charge < -0.3 is 9.80 Å². The fraction of sp³-hybridized carbons (Fsp3) is 0.500. The van der Waals surface area contributed by atoms with Gasteiger partial charge in [0, 0.05) is 38.2 Å². The third kappa shape index (κ3) is 4.56. The van der Waals surface area contributed by atoms with Crippen molar-refractivity contribution in [3.63, 3.8) is 0 Å². The lowest BCUT2D eigenvalue weighted by atomic mass is 9.91. The molecule has 122 valence electrons. The van der Waals surface area contributed by atoms with Crippen molar-refractivity contribution in [1.29, 1.82) is 5.26 Å². The molecule has 0 spiro atoms. The number of nitriles is 1. The maximum Gasteiger partial charge on any atom is 0.253 e. The quantitative estimate of drug-likeness (QED) is 0.841. The van der Waals surface area contributed by atoms with E-state index in [0.717, 1.165) is 0 Å². The van der Waals surface area contributed by atoms with Crippen molar-refractivity contribution in [2.45, 2.75) is 27.2 Å². The van der Waals surface area contributed by atoms with Gasteiger partial charge in [-0.1, -0.05) is 20.8 Å². The highest BCUT2D eigenvalue weighted by Gasteiger charge is 2.27. The minimum Gasteiger partial charge on any atom is -0.339 e. The topological polar surface area (TPSA) is 64.4 Å². The number of hydrogen-bond donors (Lipinski definition) is 0. The molecule has 1 heterocycles. The first kappa shape index (κ1) is 17.0. The van der Waals surface area contributed by atoms with Gasteiger partial charge in [0.15, 0.2) is 0 Å². The Morgan fingerprint density at radius 2 is 1.57 bits per heavy atom. The highest BCUT2D eigenvalue weighted by molar-refractivity contribution is 5.94. The molecule has 0 aliphatic carbocycles. The molecule has 0 unspecified atom stereocenters. The van der Waals surface area contributed by atoms with Gasteiger partial charge in [-0.2, -0.15) is 5.26 Å². The molecule has 0 N–H and O–H groups in total. The Hall–Kier alpha value is -2.35. The van der Waals surface area contributed by atoms with E-state index in [1.165, 1.54) is 0 Å². The highest BCUT2D eigenvalue weighted by Crippen LogP contribution is 2.20. The average Bonchev–Trinajstić information content (AvgIpc) is 2.53. The lowest BCUT2D eigenvalue weighted by Gasteiger charge is -2.36. The maximum atomic E-state index is 12.4. The molecular weight excluding hydrogens is 290 g/mol. The van der Waals surface area contributed by atoms with Crippen LogP contribution in [-0.4, -0.2) is 47.8 Å². The predicted molar refractivity (Wildman–Crippen MR) is 87.7 cm³/mol. The van der Waals surface area contributed by atoms with Gasteiger partial charge in [-0.05, 0) is 29.7 Å². The van der Waals surface area contributed by atoms with Crippen LogP contribution in [0.1, 0.15) is 43.1 Å². The summed E-state index contributed by atoms with van der Waals surface area (Å²) in [5.74, 6) is 0.111. The first-order chi connectivity index (χ1) is 10.8. The fourth-order valence-electron chi connectivity index (χ4n) is 2.59. The van der Waals surface area contributed by atoms with Crippen molar-refractivity contribution < 1.29 is 9.59 Å². The fourth-order valence-corrected chi connectivity index (χ4v) is 2.59. The summed E-state index contributed by atoms with van der Waals surface area (Å²) in [5, 5.41) is 8.79. The number of hydrogen-bond acceptors (Lipinski definition) is 3. The summed E-state index contributed by atoms with van der Waals surface area (Å²) in [7, 11) is 0. The SMILES string of the molecule is CC(C)(C)CC(=O)N1CCN(C(=O)c2ccc(C#N)cc2)CC1. The maximum absolute atomic E-state index is 12.4. The van der Waals surface area contributed by atoms with Gasteiger partial charge in [0.25, 0.3) is 5.91 Å². The van der Waals surface area contributed by atoms with Gasteiger partial charge in [-0.3, -0.25) is 9.59 Å². The Morgan fingerprint density at radius 1 is 1.04 bits per heavy atom. The van der Waals surface area contributed by atoms with Crippen molar-refractivity contribution in [3.8, 4) is 6.07 Å². The van der Waals surface area contributed by atoms with E-state index in [-0.39, 0.29) is 17.2 Å². The lowest BCUT2D eigenvalue weighted by molar-refractivity contribution is -0.134. The van der Waals surface area contributed by atoms with E-state index >= 15 is 0 Å². The predicted octanol–water partition coefficient (Wildman–Crippen LogP) is 2.28. The van der Waals surface area contributed by atoms with Crippen molar-refractivity contribution in [2.24, 2.45) is 5.41 Å². The van der Waals surface area contributed by atoms with Gasteiger partial charge in [0.2, 0.25) is 5.91 Å². The molecule has 5 heteroatoms. The first-order valence-corrected chi connectivity index (χ1v) is 7.87. The molecular formula is C18H23N3O2. The van der Waals surface area contributed by atoms with Crippen LogP contribution in [-0.2, 0) is 4.79 Å². The molecule has 0 radical (unpaired) electrons. The largest absolute Gasteiger partial charge is 0.339 e. The molecule has 1 aromatic rings. The second-order valence-electron chi connectivity index (χ2n) is 7.10. The van der Waals surface area contributed by atoms with Gasteiger partial charge >= 0.3 is 0 Å². The molecule has 0 atom stereocenters. The number of carbonyl (C=O) groups is 2. The summed E-state index contributed by atoms with van der Waals surface area (Å²) < 4.78 is 0. The zero-order valence-corrected chi connectivity index (χ0v) is 14.0. The van der Waals surface area contributed by atoms with E-state index in [1.54, 1.807) is 29.2 Å². The lowest BCUT2D eigenvalue weighted by Crippen LogP contribution is -2.51. The first-order valence-electron chi connectivity index (χ1n) is 7.87. The zero-order chi connectivity index (χ0) is 17.0. The van der Waals surface area contributed by atoms with Crippen molar-refractivity contribution in [1.82, 2.24) is 9.80 Å². The van der Waals surface area contributed by atoms with Crippen LogP contribution in [0.4, 0.5) is 0 Å². The monoisotopic (exact) mass is 313 g/mol. The molecule has 5 nitrogen and oxygen atoms in total. The number of piperazine rings is 1. The summed E-state index contributed by atoms with van der Waals surface area (Å²) >= 11 is 0.